The van der Waals surface area contributed by atoms with E-state index < -0.39 is 30.2 Å². The molecule has 2 aromatic rings. The Morgan fingerprint density at radius 2 is 1.68 bits per heavy atom. The number of halogens is 3. The van der Waals surface area contributed by atoms with Crippen molar-refractivity contribution < 1.29 is 32.2 Å². The summed E-state index contributed by atoms with van der Waals surface area (Å²) in [5.41, 5.74) is 7.61. The molecule has 0 aliphatic carbocycles. The van der Waals surface area contributed by atoms with Crippen LogP contribution in [0.3, 0.4) is 0 Å². The number of hydrogen-bond acceptors (Lipinski definition) is 5. The van der Waals surface area contributed by atoms with Crippen molar-refractivity contribution in [2.75, 3.05) is 26.2 Å². The van der Waals surface area contributed by atoms with Crippen LogP contribution in [-0.2, 0) is 16.0 Å². The summed E-state index contributed by atoms with van der Waals surface area (Å²) in [6, 6.07) is 10.9. The molecular formula is C31H40F3N3O4. The number of alkyl halides is 2. The second-order valence-electron chi connectivity index (χ2n) is 10.7. The zero-order valence-electron chi connectivity index (χ0n) is 24.0. The van der Waals surface area contributed by atoms with Gasteiger partial charge in [-0.2, -0.15) is 0 Å². The van der Waals surface area contributed by atoms with E-state index in [1.165, 1.54) is 6.07 Å². The summed E-state index contributed by atoms with van der Waals surface area (Å²) in [7, 11) is 0. The van der Waals surface area contributed by atoms with E-state index >= 15 is 0 Å². The van der Waals surface area contributed by atoms with Crippen LogP contribution in [0.25, 0.3) is 11.1 Å². The SMILES string of the molecule is C=CC.CC(C)OC(=O)N1CCC(Oc2ccc(-c3ccc(CC(N)C(=O)N4CCC(F)(F)C4)c(F)c3)cc2)CC1. The highest BCUT2D eigenvalue weighted by Crippen LogP contribution is 2.29. The molecule has 0 saturated carbocycles. The number of amides is 2. The summed E-state index contributed by atoms with van der Waals surface area (Å²) < 4.78 is 53.0. The van der Waals surface area contributed by atoms with Crippen LogP contribution < -0.4 is 10.5 Å². The molecule has 2 heterocycles. The number of rotatable bonds is 7. The zero-order valence-corrected chi connectivity index (χ0v) is 24.0. The van der Waals surface area contributed by atoms with Crippen molar-refractivity contribution in [1.82, 2.24) is 9.80 Å². The molecule has 2 saturated heterocycles. The molecule has 41 heavy (non-hydrogen) atoms. The Bertz CT molecular complexity index is 1180. The Hall–Kier alpha value is -3.53. The van der Waals surface area contributed by atoms with Gasteiger partial charge in [0, 0.05) is 38.9 Å². The average molecular weight is 576 g/mol. The van der Waals surface area contributed by atoms with Gasteiger partial charge < -0.3 is 25.0 Å². The van der Waals surface area contributed by atoms with Crippen molar-refractivity contribution in [3.63, 3.8) is 0 Å². The maximum Gasteiger partial charge on any atom is 0.410 e. The zero-order chi connectivity index (χ0) is 30.2. The van der Waals surface area contributed by atoms with Crippen molar-refractivity contribution in [3.8, 4) is 16.9 Å². The van der Waals surface area contributed by atoms with E-state index in [2.05, 4.69) is 6.58 Å². The molecule has 0 radical (unpaired) electrons. The van der Waals surface area contributed by atoms with Gasteiger partial charge in [-0.15, -0.1) is 6.58 Å². The molecule has 10 heteroatoms. The van der Waals surface area contributed by atoms with Gasteiger partial charge in [-0.25, -0.2) is 18.0 Å². The molecule has 2 N–H and O–H groups in total. The van der Waals surface area contributed by atoms with Gasteiger partial charge in [0.25, 0.3) is 5.92 Å². The highest BCUT2D eigenvalue weighted by molar-refractivity contribution is 5.82. The van der Waals surface area contributed by atoms with Crippen molar-refractivity contribution in [2.24, 2.45) is 5.73 Å². The smallest absolute Gasteiger partial charge is 0.410 e. The molecule has 224 valence electrons. The molecule has 0 spiro atoms. The number of ether oxygens (including phenoxy) is 2. The number of carbonyl (C=O) groups excluding carboxylic acids is 2. The highest BCUT2D eigenvalue weighted by Gasteiger charge is 2.41. The lowest BCUT2D eigenvalue weighted by Gasteiger charge is -2.32. The fourth-order valence-electron chi connectivity index (χ4n) is 4.73. The average Bonchev–Trinajstić information content (AvgIpc) is 3.29. The van der Waals surface area contributed by atoms with E-state index in [1.54, 1.807) is 23.1 Å². The van der Waals surface area contributed by atoms with Crippen LogP contribution in [0.4, 0.5) is 18.0 Å². The van der Waals surface area contributed by atoms with Crippen LogP contribution in [-0.4, -0.2) is 72.2 Å². The number of hydrogen-bond donors (Lipinski definition) is 1. The minimum absolute atomic E-state index is 0.0145. The first-order valence-electron chi connectivity index (χ1n) is 13.9. The predicted octanol–water partition coefficient (Wildman–Crippen LogP) is 5.81. The first kappa shape index (κ1) is 32.0. The molecule has 2 aromatic carbocycles. The molecule has 2 aliphatic heterocycles. The molecular weight excluding hydrogens is 535 g/mol. The van der Waals surface area contributed by atoms with Gasteiger partial charge >= 0.3 is 6.09 Å². The molecule has 1 unspecified atom stereocenters. The van der Waals surface area contributed by atoms with Crippen molar-refractivity contribution >= 4 is 12.0 Å². The third-order valence-electron chi connectivity index (χ3n) is 6.82. The Balaban J connectivity index is 0.00000147. The van der Waals surface area contributed by atoms with Gasteiger partial charge in [-0.05, 0) is 62.1 Å². The molecule has 0 bridgehead atoms. The van der Waals surface area contributed by atoms with E-state index in [1.807, 2.05) is 45.0 Å². The van der Waals surface area contributed by atoms with Crippen LogP contribution in [0.5, 0.6) is 5.75 Å². The van der Waals surface area contributed by atoms with Gasteiger partial charge in [0.2, 0.25) is 5.91 Å². The lowest BCUT2D eigenvalue weighted by Crippen LogP contribution is -2.44. The first-order chi connectivity index (χ1) is 19.4. The molecule has 1 atom stereocenters. The van der Waals surface area contributed by atoms with Crippen molar-refractivity contribution in [1.29, 1.82) is 0 Å². The van der Waals surface area contributed by atoms with E-state index in [-0.39, 0.29) is 43.3 Å². The lowest BCUT2D eigenvalue weighted by atomic mass is 9.99. The standard InChI is InChI=1S/C28H34F3N3O4.C3H6/c1-18(2)37-27(36)33-12-9-23(10-13-33)38-22-7-5-19(6-8-22)20-3-4-21(24(29)15-20)16-25(32)26(35)34-14-11-28(30,31)17-34;1-3-2/h3-8,15,18,23,25H,9-14,16-17,32H2,1-2H3;3H,1H2,2H3. The number of likely N-dealkylation sites (tertiary alicyclic amines) is 2. The first-order valence-corrected chi connectivity index (χ1v) is 13.9. The van der Waals surface area contributed by atoms with Crippen LogP contribution >= 0.6 is 0 Å². The molecule has 7 nitrogen and oxygen atoms in total. The molecule has 2 amide bonds. The summed E-state index contributed by atoms with van der Waals surface area (Å²) >= 11 is 0. The summed E-state index contributed by atoms with van der Waals surface area (Å²) in [6.45, 7) is 9.34. The number of allylic oxidation sites excluding steroid dienone is 1. The number of nitrogens with two attached hydrogens (primary N) is 1. The number of carbonyl (C=O) groups is 2. The van der Waals surface area contributed by atoms with Crippen LogP contribution in [0, 0.1) is 5.82 Å². The summed E-state index contributed by atoms with van der Waals surface area (Å²) in [6.07, 6.45) is 2.23. The maximum absolute atomic E-state index is 14.8. The van der Waals surface area contributed by atoms with Crippen molar-refractivity contribution in [2.45, 2.75) is 70.6 Å². The van der Waals surface area contributed by atoms with Gasteiger partial charge in [-0.3, -0.25) is 4.79 Å². The van der Waals surface area contributed by atoms with E-state index in [0.717, 1.165) is 10.5 Å². The maximum atomic E-state index is 14.8. The van der Waals surface area contributed by atoms with E-state index in [9.17, 15) is 22.8 Å². The monoisotopic (exact) mass is 575 g/mol. The quantitative estimate of drug-likeness (QED) is 0.421. The second-order valence-corrected chi connectivity index (χ2v) is 10.7. The molecule has 4 rings (SSSR count). The second kappa shape index (κ2) is 14.4. The normalized spacial score (nSPS) is 17.5. The molecule has 0 aromatic heterocycles. The van der Waals surface area contributed by atoms with E-state index in [0.29, 0.717) is 37.2 Å². The third-order valence-corrected chi connectivity index (χ3v) is 6.82. The summed E-state index contributed by atoms with van der Waals surface area (Å²) in [5.74, 6) is -3.32. The van der Waals surface area contributed by atoms with Gasteiger partial charge in [0.15, 0.2) is 0 Å². The van der Waals surface area contributed by atoms with Crippen molar-refractivity contribution in [3.05, 3.63) is 66.5 Å². The Labute approximate surface area is 240 Å². The van der Waals surface area contributed by atoms with Crippen LogP contribution in [0.1, 0.15) is 45.6 Å². The number of benzene rings is 2. The minimum atomic E-state index is -2.90. The van der Waals surface area contributed by atoms with Crippen LogP contribution in [0.2, 0.25) is 0 Å². The topological polar surface area (TPSA) is 85.1 Å². The Morgan fingerprint density at radius 3 is 2.22 bits per heavy atom. The van der Waals surface area contributed by atoms with Crippen LogP contribution in [0.15, 0.2) is 55.1 Å². The minimum Gasteiger partial charge on any atom is -0.490 e. The highest BCUT2D eigenvalue weighted by atomic mass is 19.3. The Kier molecular flexibility index (Phi) is 11.2. The molecule has 2 aliphatic rings. The Morgan fingerprint density at radius 1 is 1.07 bits per heavy atom. The third kappa shape index (κ3) is 9.24. The van der Waals surface area contributed by atoms with E-state index in [4.69, 9.17) is 15.2 Å². The number of piperidine rings is 1. The lowest BCUT2D eigenvalue weighted by molar-refractivity contribution is -0.133. The van der Waals surface area contributed by atoms with Gasteiger partial charge in [0.05, 0.1) is 18.7 Å². The summed E-state index contributed by atoms with van der Waals surface area (Å²) in [5, 5.41) is 0. The van der Waals surface area contributed by atoms with Gasteiger partial charge in [0.1, 0.15) is 17.7 Å². The fraction of sp³-hybridized carbons (Fsp3) is 0.484. The number of nitrogens with zero attached hydrogens (tertiary/aromatic N) is 2. The fourth-order valence-corrected chi connectivity index (χ4v) is 4.73. The van der Waals surface area contributed by atoms with Gasteiger partial charge in [-0.1, -0.05) is 30.3 Å². The summed E-state index contributed by atoms with van der Waals surface area (Å²) in [4.78, 5) is 27.2. The largest absolute Gasteiger partial charge is 0.490 e. The molecule has 2 fully saturated rings. The predicted molar refractivity (Wildman–Crippen MR) is 152 cm³/mol.